The molecule has 1 aromatic heterocycles. The summed E-state index contributed by atoms with van der Waals surface area (Å²) in [5.41, 5.74) is -3.21. The van der Waals surface area contributed by atoms with Crippen LogP contribution in [0.3, 0.4) is 0 Å². The molecule has 7 heteroatoms. The van der Waals surface area contributed by atoms with E-state index in [0.29, 0.717) is 0 Å². The molecule has 0 aliphatic carbocycles. The molecule has 0 fully saturated rings. The molecule has 0 bridgehead atoms. The number of aryl methyl sites for hydroxylation is 1. The number of nitrogens with zero attached hydrogens (tertiary/aromatic N) is 3. The van der Waals surface area contributed by atoms with E-state index < -0.39 is 24.0 Å². The Balaban J connectivity index is 3.26. The van der Waals surface area contributed by atoms with Crippen molar-refractivity contribution in [1.82, 2.24) is 9.55 Å². The van der Waals surface area contributed by atoms with E-state index >= 15 is 0 Å². The number of halogens is 3. The summed E-state index contributed by atoms with van der Waals surface area (Å²) in [6, 6.07) is 1.31. The fourth-order valence-corrected chi connectivity index (χ4v) is 1.18. The number of imidazole rings is 1. The van der Waals surface area contributed by atoms with E-state index in [1.54, 1.807) is 0 Å². The molecule has 1 unspecified atom stereocenters. The summed E-state index contributed by atoms with van der Waals surface area (Å²) in [7, 11) is 1.32. The second-order valence-corrected chi connectivity index (χ2v) is 3.05. The van der Waals surface area contributed by atoms with Gasteiger partial charge in [0.15, 0.2) is 5.82 Å². The normalized spacial score (nSPS) is 15.7. The van der Waals surface area contributed by atoms with E-state index in [4.69, 9.17) is 5.26 Å². The van der Waals surface area contributed by atoms with Gasteiger partial charge in [0.1, 0.15) is 0 Å². The maximum absolute atomic E-state index is 12.6. The van der Waals surface area contributed by atoms with Crippen molar-refractivity contribution in [1.29, 1.82) is 5.26 Å². The lowest BCUT2D eigenvalue weighted by molar-refractivity contribution is -0.268. The van der Waals surface area contributed by atoms with Crippen LogP contribution in [0.5, 0.6) is 0 Å². The van der Waals surface area contributed by atoms with Crippen LogP contribution in [0.15, 0.2) is 12.4 Å². The Bertz CT molecular complexity index is 393. The third kappa shape index (κ3) is 1.80. The number of hydrogen-bond acceptors (Lipinski definition) is 3. The van der Waals surface area contributed by atoms with Crippen LogP contribution in [0, 0.1) is 11.3 Å². The van der Waals surface area contributed by atoms with Gasteiger partial charge < -0.3 is 9.67 Å². The predicted molar refractivity (Wildman–Crippen MR) is 43.4 cm³/mol. The second-order valence-electron chi connectivity index (χ2n) is 3.05. The molecular formula is C8H8F3N3O. The van der Waals surface area contributed by atoms with Gasteiger partial charge in [-0.15, -0.1) is 0 Å². The van der Waals surface area contributed by atoms with Gasteiger partial charge in [-0.05, 0) is 0 Å². The molecule has 0 spiro atoms. The zero-order valence-corrected chi connectivity index (χ0v) is 7.78. The molecule has 15 heavy (non-hydrogen) atoms. The Morgan fingerprint density at radius 3 is 2.53 bits per heavy atom. The van der Waals surface area contributed by atoms with Crippen LogP contribution in [-0.2, 0) is 12.6 Å². The smallest absolute Gasteiger partial charge is 0.373 e. The summed E-state index contributed by atoms with van der Waals surface area (Å²) in [4.78, 5) is 3.41. The van der Waals surface area contributed by atoms with E-state index in [1.165, 1.54) is 19.3 Å². The van der Waals surface area contributed by atoms with Gasteiger partial charge in [0.25, 0.3) is 0 Å². The molecule has 0 aliphatic heterocycles. The lowest BCUT2D eigenvalue weighted by Crippen LogP contribution is -2.44. The Hall–Kier alpha value is -1.55. The van der Waals surface area contributed by atoms with Gasteiger partial charge in [-0.25, -0.2) is 4.98 Å². The summed E-state index contributed by atoms with van der Waals surface area (Å²) >= 11 is 0. The van der Waals surface area contributed by atoms with Crippen LogP contribution in [-0.4, -0.2) is 20.8 Å². The van der Waals surface area contributed by atoms with Crippen molar-refractivity contribution in [2.45, 2.75) is 18.2 Å². The van der Waals surface area contributed by atoms with Crippen molar-refractivity contribution in [3.05, 3.63) is 18.2 Å². The average Bonchev–Trinajstić information content (AvgIpc) is 2.50. The van der Waals surface area contributed by atoms with Crippen molar-refractivity contribution < 1.29 is 18.3 Å². The molecule has 0 radical (unpaired) electrons. The Morgan fingerprint density at radius 2 is 2.20 bits per heavy atom. The highest BCUT2D eigenvalue weighted by Crippen LogP contribution is 2.40. The predicted octanol–water partition coefficient (Wildman–Crippen LogP) is 1.08. The summed E-state index contributed by atoms with van der Waals surface area (Å²) < 4.78 is 38.8. The SMILES string of the molecule is Cn1ccnc1C(O)(CC#N)C(F)(F)F. The lowest BCUT2D eigenvalue weighted by atomic mass is 9.99. The van der Waals surface area contributed by atoms with Crippen molar-refractivity contribution in [3.8, 4) is 6.07 Å². The van der Waals surface area contributed by atoms with Crippen LogP contribution in [0.2, 0.25) is 0 Å². The largest absolute Gasteiger partial charge is 0.425 e. The number of aromatic nitrogens is 2. The van der Waals surface area contributed by atoms with E-state index in [0.717, 1.165) is 10.8 Å². The molecule has 0 saturated carbocycles. The zero-order valence-electron chi connectivity index (χ0n) is 7.78. The minimum absolute atomic E-state index is 0.587. The van der Waals surface area contributed by atoms with E-state index in [1.807, 2.05) is 0 Å². The van der Waals surface area contributed by atoms with Crippen molar-refractivity contribution >= 4 is 0 Å². The fraction of sp³-hybridized carbons (Fsp3) is 0.500. The van der Waals surface area contributed by atoms with Crippen LogP contribution >= 0.6 is 0 Å². The van der Waals surface area contributed by atoms with Gasteiger partial charge >= 0.3 is 6.18 Å². The van der Waals surface area contributed by atoms with Crippen LogP contribution in [0.1, 0.15) is 12.2 Å². The Labute approximate surface area is 83.6 Å². The highest BCUT2D eigenvalue weighted by Gasteiger charge is 2.57. The third-order valence-corrected chi connectivity index (χ3v) is 1.99. The van der Waals surface area contributed by atoms with E-state index in [-0.39, 0.29) is 0 Å². The molecule has 0 aromatic carbocycles. The van der Waals surface area contributed by atoms with Gasteiger partial charge in [-0.1, -0.05) is 0 Å². The van der Waals surface area contributed by atoms with Crippen molar-refractivity contribution in [2.75, 3.05) is 0 Å². The maximum atomic E-state index is 12.6. The summed E-state index contributed by atoms with van der Waals surface area (Å²) in [6.07, 6.45) is -3.62. The van der Waals surface area contributed by atoms with Crippen LogP contribution in [0.25, 0.3) is 0 Å². The molecule has 1 atom stereocenters. The molecule has 1 N–H and O–H groups in total. The number of hydrogen-bond donors (Lipinski definition) is 1. The summed E-state index contributed by atoms with van der Waals surface area (Å²) in [5, 5.41) is 17.8. The van der Waals surface area contributed by atoms with Crippen molar-refractivity contribution in [3.63, 3.8) is 0 Å². The second kappa shape index (κ2) is 3.55. The van der Waals surface area contributed by atoms with Crippen LogP contribution in [0.4, 0.5) is 13.2 Å². The molecule has 1 heterocycles. The summed E-state index contributed by atoms with van der Waals surface area (Å²) in [6.45, 7) is 0. The quantitative estimate of drug-likeness (QED) is 0.809. The van der Waals surface area contributed by atoms with Gasteiger partial charge in [0, 0.05) is 19.4 Å². The first-order chi connectivity index (χ1) is 6.83. The summed E-state index contributed by atoms with van der Waals surface area (Å²) in [5.74, 6) is -0.587. The van der Waals surface area contributed by atoms with Gasteiger partial charge in [0.2, 0.25) is 5.60 Å². The third-order valence-electron chi connectivity index (χ3n) is 1.99. The zero-order chi connectivity index (χ0) is 11.7. The molecule has 0 amide bonds. The standard InChI is InChI=1S/C8H8F3N3O/c1-14-5-4-13-6(14)7(15,2-3-12)8(9,10)11/h4-5,15H,2H2,1H3. The maximum Gasteiger partial charge on any atom is 0.425 e. The number of rotatable bonds is 2. The highest BCUT2D eigenvalue weighted by atomic mass is 19.4. The molecular weight excluding hydrogens is 211 g/mol. The monoisotopic (exact) mass is 219 g/mol. The first kappa shape index (κ1) is 11.5. The van der Waals surface area contributed by atoms with E-state index in [2.05, 4.69) is 4.98 Å². The van der Waals surface area contributed by atoms with Gasteiger partial charge in [0.05, 0.1) is 12.5 Å². The van der Waals surface area contributed by atoms with Crippen LogP contribution < -0.4 is 0 Å². The highest BCUT2D eigenvalue weighted by molar-refractivity contribution is 5.11. The molecule has 1 aromatic rings. The minimum atomic E-state index is -4.93. The van der Waals surface area contributed by atoms with Gasteiger partial charge in [-0.3, -0.25) is 0 Å². The molecule has 0 aliphatic rings. The average molecular weight is 219 g/mol. The number of alkyl halides is 3. The Kier molecular flexibility index (Phi) is 2.73. The van der Waals surface area contributed by atoms with Crippen molar-refractivity contribution in [2.24, 2.45) is 7.05 Å². The lowest BCUT2D eigenvalue weighted by Gasteiger charge is -2.27. The number of aliphatic hydroxyl groups is 1. The minimum Gasteiger partial charge on any atom is -0.373 e. The molecule has 1 rings (SSSR count). The first-order valence-corrected chi connectivity index (χ1v) is 3.97. The first-order valence-electron chi connectivity index (χ1n) is 3.97. The molecule has 0 saturated heterocycles. The topological polar surface area (TPSA) is 61.8 Å². The molecule has 82 valence electrons. The molecule has 4 nitrogen and oxygen atoms in total. The van der Waals surface area contributed by atoms with E-state index in [9.17, 15) is 18.3 Å². The fourth-order valence-electron chi connectivity index (χ4n) is 1.18. The van der Waals surface area contributed by atoms with Gasteiger partial charge in [-0.2, -0.15) is 18.4 Å². The Morgan fingerprint density at radius 1 is 1.60 bits per heavy atom. The number of nitriles is 1.